The quantitative estimate of drug-likeness (QED) is 0.0243. The third kappa shape index (κ3) is 55.0. The number of carbonyl (C=O) groups is 1. The number of amides is 1. The molecule has 0 fully saturated rings. The van der Waals surface area contributed by atoms with Crippen LogP contribution in [0, 0.1) is 0 Å². The Morgan fingerprint density at radius 1 is 0.493 bits per heavy atom. The van der Waals surface area contributed by atoms with Crippen LogP contribution in [0.25, 0.3) is 0 Å². The van der Waals surface area contributed by atoms with E-state index >= 15 is 0 Å². The van der Waals surface area contributed by atoms with Gasteiger partial charge in [0.15, 0.2) is 0 Å². The van der Waals surface area contributed by atoms with Gasteiger partial charge in [-0.05, 0) is 89.9 Å². The highest BCUT2D eigenvalue weighted by Crippen LogP contribution is 2.43. The van der Waals surface area contributed by atoms with E-state index in [1.54, 1.807) is 6.08 Å². The van der Waals surface area contributed by atoms with Gasteiger partial charge in [0.2, 0.25) is 5.91 Å². The molecule has 3 atom stereocenters. The average Bonchev–Trinajstić information content (AvgIpc) is 3.33. The minimum Gasteiger partial charge on any atom is -0.387 e. The summed E-state index contributed by atoms with van der Waals surface area (Å²) in [4.78, 5) is 23.3. The Morgan fingerprint density at radius 2 is 0.859 bits per heavy atom. The Hall–Kier alpha value is -2.58. The molecule has 8 nitrogen and oxygen atoms in total. The van der Waals surface area contributed by atoms with Gasteiger partial charge in [-0.3, -0.25) is 13.8 Å². The lowest BCUT2D eigenvalue weighted by Gasteiger charge is -2.25. The Morgan fingerprint density at radius 3 is 1.30 bits per heavy atom. The molecule has 71 heavy (non-hydrogen) atoms. The number of aliphatic hydroxyl groups excluding tert-OH is 1. The molecule has 0 heterocycles. The molecule has 410 valence electrons. The van der Waals surface area contributed by atoms with Crippen molar-refractivity contribution in [1.29, 1.82) is 0 Å². The first-order valence-electron chi connectivity index (χ1n) is 29.1. The van der Waals surface area contributed by atoms with Crippen molar-refractivity contribution in [2.45, 2.75) is 251 Å². The van der Waals surface area contributed by atoms with Gasteiger partial charge in [0, 0.05) is 6.42 Å². The van der Waals surface area contributed by atoms with Gasteiger partial charge in [-0.15, -0.1) is 0 Å². The number of carbonyl (C=O) groups excluding carboxylic acids is 1. The first kappa shape index (κ1) is 68.4. The van der Waals surface area contributed by atoms with Crippen LogP contribution in [0.1, 0.15) is 239 Å². The lowest BCUT2D eigenvalue weighted by atomic mass is 10.0. The molecule has 0 spiro atoms. The van der Waals surface area contributed by atoms with Gasteiger partial charge in [-0.2, -0.15) is 0 Å². The van der Waals surface area contributed by atoms with Crippen LogP contribution in [0.3, 0.4) is 0 Å². The molecule has 0 aliphatic rings. The van der Waals surface area contributed by atoms with Crippen molar-refractivity contribution in [2.24, 2.45) is 0 Å². The van der Waals surface area contributed by atoms with Gasteiger partial charge in [0.25, 0.3) is 0 Å². The van der Waals surface area contributed by atoms with Crippen LogP contribution in [0.5, 0.6) is 0 Å². The predicted octanol–water partition coefficient (Wildman–Crippen LogP) is 17.8. The van der Waals surface area contributed by atoms with Crippen molar-refractivity contribution < 1.29 is 32.9 Å². The van der Waals surface area contributed by atoms with E-state index in [-0.39, 0.29) is 19.1 Å². The fourth-order valence-electron chi connectivity index (χ4n) is 7.98. The lowest BCUT2D eigenvalue weighted by molar-refractivity contribution is -0.870. The van der Waals surface area contributed by atoms with Crippen LogP contribution in [0.4, 0.5) is 0 Å². The van der Waals surface area contributed by atoms with E-state index in [1.165, 1.54) is 128 Å². The van der Waals surface area contributed by atoms with E-state index in [0.29, 0.717) is 17.4 Å². The molecule has 0 bridgehead atoms. The molecule has 0 saturated heterocycles. The summed E-state index contributed by atoms with van der Waals surface area (Å²) in [6.07, 6.45) is 75.1. The summed E-state index contributed by atoms with van der Waals surface area (Å²) in [6.45, 7) is 4.67. The second kappa shape index (κ2) is 52.3. The Balaban J connectivity index is 4.33. The number of likely N-dealkylation sites (N-methyl/N-ethyl adjacent to an activating group) is 1. The standard InChI is InChI=1S/C62H111N2O6P/c1-6-8-10-12-14-16-18-20-22-24-26-28-30-31-32-34-35-37-39-41-43-45-47-49-51-53-55-61(65)60(59-70-71(67,68)69-58-57-64(3,4)5)63-62(66)56-54-52-50-48-46-44-42-40-38-36-33-29-27-25-23-21-19-17-15-13-11-9-7-2/h9,11,15,17,21,23,27,29,36-39,45,47,53,55,60-61,65H,6-8,10,12-14,16,18-20,22,24-26,28,30-35,40-44,46,48-52,54,56-59H2,1-5H3,(H-,63,66,67,68)/p+1/b11-9-,17-15-,23-21-,29-27-,38-36-,39-37+,47-45+,55-53+. The smallest absolute Gasteiger partial charge is 0.387 e. The molecule has 1 amide bonds. The maximum atomic E-state index is 13.0. The summed E-state index contributed by atoms with van der Waals surface area (Å²) in [7, 11) is 1.53. The summed E-state index contributed by atoms with van der Waals surface area (Å²) in [5, 5.41) is 13.9. The summed E-state index contributed by atoms with van der Waals surface area (Å²) < 4.78 is 23.7. The molecule has 0 aromatic heterocycles. The number of nitrogens with one attached hydrogen (secondary N) is 1. The SMILES string of the molecule is CC/C=C\C/C=C\C/C=C\C/C=C\C/C=C\CCCCCCCCCC(=O)NC(COP(=O)(O)OCC[N+](C)(C)C)C(O)/C=C/CC/C=C/CC/C=C/CCCCCCCCCCCCCCCCCC. The van der Waals surface area contributed by atoms with E-state index in [9.17, 15) is 19.4 Å². The highest BCUT2D eigenvalue weighted by molar-refractivity contribution is 7.47. The second-order valence-corrected chi connectivity index (χ2v) is 22.1. The number of hydrogen-bond acceptors (Lipinski definition) is 5. The van der Waals surface area contributed by atoms with Gasteiger partial charge >= 0.3 is 7.82 Å². The summed E-state index contributed by atoms with van der Waals surface area (Å²) in [5.41, 5.74) is 0. The number of quaternary nitrogens is 1. The van der Waals surface area contributed by atoms with E-state index < -0.39 is 20.0 Å². The van der Waals surface area contributed by atoms with Crippen molar-refractivity contribution in [1.82, 2.24) is 5.32 Å². The summed E-state index contributed by atoms with van der Waals surface area (Å²) in [6, 6.07) is -0.884. The second-order valence-electron chi connectivity index (χ2n) is 20.6. The maximum absolute atomic E-state index is 13.0. The van der Waals surface area contributed by atoms with E-state index in [2.05, 4.69) is 104 Å². The molecular weight excluding hydrogens is 900 g/mol. The Labute approximate surface area is 439 Å². The number of hydrogen-bond donors (Lipinski definition) is 3. The predicted molar refractivity (Wildman–Crippen MR) is 309 cm³/mol. The zero-order valence-corrected chi connectivity index (χ0v) is 47.6. The Bertz CT molecular complexity index is 1470. The van der Waals surface area contributed by atoms with Gasteiger partial charge < -0.3 is 19.8 Å². The number of aliphatic hydroxyl groups is 1. The molecule has 3 unspecified atom stereocenters. The summed E-state index contributed by atoms with van der Waals surface area (Å²) in [5.74, 6) is -0.205. The van der Waals surface area contributed by atoms with Gasteiger partial charge in [0.1, 0.15) is 13.2 Å². The number of nitrogens with zero attached hydrogens (tertiary/aromatic N) is 1. The maximum Gasteiger partial charge on any atom is 0.472 e. The minimum absolute atomic E-state index is 0.0461. The molecule has 3 N–H and O–H groups in total. The number of phosphoric acid groups is 1. The van der Waals surface area contributed by atoms with Gasteiger partial charge in [-0.1, -0.05) is 239 Å². The van der Waals surface area contributed by atoms with Gasteiger partial charge in [0.05, 0.1) is 39.9 Å². The van der Waals surface area contributed by atoms with Crippen molar-refractivity contribution in [3.05, 3.63) is 97.2 Å². The van der Waals surface area contributed by atoms with Crippen molar-refractivity contribution in [3.8, 4) is 0 Å². The van der Waals surface area contributed by atoms with Crippen molar-refractivity contribution >= 4 is 13.7 Å². The fourth-order valence-corrected chi connectivity index (χ4v) is 8.72. The minimum atomic E-state index is -4.37. The molecule has 0 rings (SSSR count). The normalized spacial score (nSPS) is 14.6. The van der Waals surface area contributed by atoms with E-state index in [4.69, 9.17) is 9.05 Å². The Kier molecular flexibility index (Phi) is 50.4. The van der Waals surface area contributed by atoms with E-state index in [0.717, 1.165) is 89.9 Å². The molecular formula is C62H112N2O6P+. The summed E-state index contributed by atoms with van der Waals surface area (Å²) >= 11 is 0. The zero-order chi connectivity index (χ0) is 52.0. The molecule has 0 aliphatic carbocycles. The van der Waals surface area contributed by atoms with Crippen LogP contribution in [-0.2, 0) is 18.4 Å². The third-order valence-corrected chi connectivity index (χ3v) is 13.5. The topological polar surface area (TPSA) is 105 Å². The first-order chi connectivity index (χ1) is 34.5. The van der Waals surface area contributed by atoms with Crippen molar-refractivity contribution in [2.75, 3.05) is 40.9 Å². The lowest BCUT2D eigenvalue weighted by Crippen LogP contribution is -2.45. The van der Waals surface area contributed by atoms with Gasteiger partial charge in [-0.25, -0.2) is 4.57 Å². The van der Waals surface area contributed by atoms with Crippen LogP contribution in [0.2, 0.25) is 0 Å². The van der Waals surface area contributed by atoms with Crippen LogP contribution < -0.4 is 5.32 Å². The monoisotopic (exact) mass is 1010 g/mol. The number of allylic oxidation sites excluding steroid dienone is 15. The van der Waals surface area contributed by atoms with Crippen LogP contribution >= 0.6 is 7.82 Å². The molecule has 0 saturated carbocycles. The van der Waals surface area contributed by atoms with Crippen LogP contribution in [0.15, 0.2) is 97.2 Å². The number of rotatable bonds is 52. The fraction of sp³-hybridized carbons (Fsp3) is 0.726. The average molecular weight is 1010 g/mol. The molecule has 9 heteroatoms. The molecule has 0 aromatic rings. The third-order valence-electron chi connectivity index (χ3n) is 12.5. The first-order valence-corrected chi connectivity index (χ1v) is 30.6. The van der Waals surface area contributed by atoms with Crippen molar-refractivity contribution in [3.63, 3.8) is 0 Å². The molecule has 0 aliphatic heterocycles. The highest BCUT2D eigenvalue weighted by atomic mass is 31.2. The molecule has 0 aromatic carbocycles. The molecule has 0 radical (unpaired) electrons. The highest BCUT2D eigenvalue weighted by Gasteiger charge is 2.27. The largest absolute Gasteiger partial charge is 0.472 e. The van der Waals surface area contributed by atoms with E-state index in [1.807, 2.05) is 27.2 Å². The zero-order valence-electron chi connectivity index (χ0n) is 46.7. The van der Waals surface area contributed by atoms with Crippen LogP contribution in [-0.4, -0.2) is 73.4 Å². The number of unbranched alkanes of at least 4 members (excludes halogenated alkanes) is 25. The number of phosphoric ester groups is 1.